The van der Waals surface area contributed by atoms with Crippen molar-refractivity contribution in [2.75, 3.05) is 20.1 Å². The monoisotopic (exact) mass is 464 g/mol. The summed E-state index contributed by atoms with van der Waals surface area (Å²) < 4.78 is 0. The van der Waals surface area contributed by atoms with Crippen molar-refractivity contribution in [3.63, 3.8) is 0 Å². The quantitative estimate of drug-likeness (QED) is 0.493. The van der Waals surface area contributed by atoms with Gasteiger partial charge in [0.15, 0.2) is 5.78 Å². The summed E-state index contributed by atoms with van der Waals surface area (Å²) in [5.41, 5.74) is 7.41. The fraction of sp³-hybridized carbons (Fsp3) is 0.481. The predicted octanol–water partition coefficient (Wildman–Crippen LogP) is 1.55. The maximum atomic E-state index is 13.5. The molecule has 2 aromatic rings. The Labute approximate surface area is 201 Å². The Kier molecular flexibility index (Phi) is 7.48. The second-order valence-corrected chi connectivity index (χ2v) is 9.96. The van der Waals surface area contributed by atoms with Crippen molar-refractivity contribution in [3.05, 3.63) is 71.8 Å². The van der Waals surface area contributed by atoms with Gasteiger partial charge in [-0.3, -0.25) is 14.6 Å². The number of hydrogen-bond donors (Lipinski definition) is 3. The standard InChI is InChI=1S/C27H36N4O3/c1-27(28)18-30-14-13-23(31(30)26(27)34)24(32)17-21(15-19-9-5-3-6-10-19)25(33)22(29-2)16-20-11-7-4-8-12-20/h3-12,21-23,25,29,33H,13-18,28H2,1-2H3. The molecule has 4 rings (SSSR count). The molecule has 0 bridgehead atoms. The zero-order valence-electron chi connectivity index (χ0n) is 20.1. The van der Waals surface area contributed by atoms with E-state index in [-0.39, 0.29) is 30.1 Å². The molecule has 5 atom stereocenters. The number of amides is 1. The van der Waals surface area contributed by atoms with Gasteiger partial charge in [-0.05, 0) is 50.3 Å². The van der Waals surface area contributed by atoms with Crippen LogP contribution in [0.4, 0.5) is 0 Å². The number of likely N-dealkylation sites (N-methyl/N-ethyl adjacent to an activating group) is 1. The van der Waals surface area contributed by atoms with Crippen LogP contribution in [-0.4, -0.2) is 70.7 Å². The van der Waals surface area contributed by atoms with Crippen molar-refractivity contribution in [3.8, 4) is 0 Å². The van der Waals surface area contributed by atoms with Gasteiger partial charge in [0, 0.05) is 25.6 Å². The lowest BCUT2D eigenvalue weighted by Gasteiger charge is -2.31. The van der Waals surface area contributed by atoms with Gasteiger partial charge >= 0.3 is 0 Å². The number of aliphatic hydroxyl groups is 1. The van der Waals surface area contributed by atoms with E-state index in [2.05, 4.69) is 5.32 Å². The number of nitrogens with zero attached hydrogens (tertiary/aromatic N) is 2. The Balaban J connectivity index is 1.52. The molecule has 2 aromatic carbocycles. The van der Waals surface area contributed by atoms with E-state index in [0.717, 1.165) is 11.1 Å². The fourth-order valence-corrected chi connectivity index (χ4v) is 5.34. The van der Waals surface area contributed by atoms with Crippen LogP contribution in [0.15, 0.2) is 60.7 Å². The second-order valence-electron chi connectivity index (χ2n) is 9.96. The van der Waals surface area contributed by atoms with Gasteiger partial charge < -0.3 is 16.2 Å². The molecular formula is C27H36N4O3. The van der Waals surface area contributed by atoms with E-state index in [1.807, 2.05) is 72.7 Å². The molecule has 7 heteroatoms. The molecule has 34 heavy (non-hydrogen) atoms. The molecule has 2 aliphatic rings. The number of aliphatic hydroxyl groups excluding tert-OH is 1. The number of ketones is 1. The molecule has 0 aromatic heterocycles. The number of Topliss-reactive ketones (excluding diaryl/α,β-unsaturated/α-hetero) is 1. The van der Waals surface area contributed by atoms with Crippen LogP contribution < -0.4 is 11.1 Å². The maximum absolute atomic E-state index is 13.5. The Hall–Kier alpha value is -2.58. The first-order chi connectivity index (χ1) is 16.3. The highest BCUT2D eigenvalue weighted by molar-refractivity contribution is 5.94. The molecule has 4 N–H and O–H groups in total. The lowest BCUT2D eigenvalue weighted by Crippen LogP contribution is -2.51. The fourth-order valence-electron chi connectivity index (χ4n) is 5.34. The van der Waals surface area contributed by atoms with Crippen LogP contribution in [0.2, 0.25) is 0 Å². The number of carbonyl (C=O) groups excluding carboxylic acids is 2. The summed E-state index contributed by atoms with van der Waals surface area (Å²) >= 11 is 0. The van der Waals surface area contributed by atoms with E-state index in [0.29, 0.717) is 32.4 Å². The van der Waals surface area contributed by atoms with Gasteiger partial charge in [0.25, 0.3) is 5.91 Å². The molecule has 182 valence electrons. The molecule has 2 saturated heterocycles. The van der Waals surface area contributed by atoms with Gasteiger partial charge in [-0.15, -0.1) is 0 Å². The Morgan fingerprint density at radius 2 is 1.71 bits per heavy atom. The largest absolute Gasteiger partial charge is 0.391 e. The third kappa shape index (κ3) is 5.23. The minimum Gasteiger partial charge on any atom is -0.391 e. The van der Waals surface area contributed by atoms with Crippen LogP contribution in [0.3, 0.4) is 0 Å². The SMILES string of the molecule is CNC(Cc1ccccc1)C(O)C(CC(=O)C1CCN2CC(C)(N)C(=O)N12)Cc1ccccc1. The Morgan fingerprint density at radius 3 is 2.29 bits per heavy atom. The summed E-state index contributed by atoms with van der Waals surface area (Å²) in [4.78, 5) is 26.4. The molecule has 2 aliphatic heterocycles. The average molecular weight is 465 g/mol. The molecule has 0 aliphatic carbocycles. The summed E-state index contributed by atoms with van der Waals surface area (Å²) in [5, 5.41) is 18.2. The summed E-state index contributed by atoms with van der Waals surface area (Å²) in [7, 11) is 1.85. The van der Waals surface area contributed by atoms with E-state index in [9.17, 15) is 14.7 Å². The first-order valence-corrected chi connectivity index (χ1v) is 12.1. The topological polar surface area (TPSA) is 98.9 Å². The van der Waals surface area contributed by atoms with Crippen LogP contribution in [0.1, 0.15) is 30.9 Å². The third-order valence-electron chi connectivity index (χ3n) is 7.21. The zero-order valence-corrected chi connectivity index (χ0v) is 20.1. The van der Waals surface area contributed by atoms with Crippen molar-refractivity contribution in [2.45, 2.75) is 56.3 Å². The van der Waals surface area contributed by atoms with E-state index < -0.39 is 17.7 Å². The number of hydrazine groups is 1. The molecule has 2 fully saturated rings. The number of nitrogens with one attached hydrogen (secondary N) is 1. The summed E-state index contributed by atoms with van der Waals surface area (Å²) in [6, 6.07) is 19.3. The average Bonchev–Trinajstić information content (AvgIpc) is 3.34. The highest BCUT2D eigenvalue weighted by Gasteiger charge is 2.52. The highest BCUT2D eigenvalue weighted by atomic mass is 16.3. The van der Waals surface area contributed by atoms with Gasteiger partial charge in [0.2, 0.25) is 0 Å². The first-order valence-electron chi connectivity index (χ1n) is 12.1. The minimum absolute atomic E-state index is 0.0110. The molecule has 0 saturated carbocycles. The number of hydrogen-bond acceptors (Lipinski definition) is 6. The van der Waals surface area contributed by atoms with E-state index in [1.165, 1.54) is 0 Å². The van der Waals surface area contributed by atoms with E-state index in [4.69, 9.17) is 5.73 Å². The van der Waals surface area contributed by atoms with Gasteiger partial charge in [-0.25, -0.2) is 5.01 Å². The number of fused-ring (bicyclic) bond motifs is 1. The van der Waals surface area contributed by atoms with Crippen molar-refractivity contribution >= 4 is 11.7 Å². The smallest absolute Gasteiger partial charge is 0.258 e. The zero-order chi connectivity index (χ0) is 24.3. The number of carbonyl (C=O) groups is 2. The first kappa shape index (κ1) is 24.5. The van der Waals surface area contributed by atoms with Crippen LogP contribution in [0.25, 0.3) is 0 Å². The molecule has 1 amide bonds. The molecule has 0 radical (unpaired) electrons. The van der Waals surface area contributed by atoms with Crippen LogP contribution in [0, 0.1) is 5.92 Å². The van der Waals surface area contributed by atoms with Crippen molar-refractivity contribution in [2.24, 2.45) is 11.7 Å². The second kappa shape index (κ2) is 10.4. The summed E-state index contributed by atoms with van der Waals surface area (Å²) in [5.74, 6) is -0.490. The molecule has 5 unspecified atom stereocenters. The predicted molar refractivity (Wildman–Crippen MR) is 132 cm³/mol. The van der Waals surface area contributed by atoms with Crippen LogP contribution in [0.5, 0.6) is 0 Å². The van der Waals surface area contributed by atoms with Gasteiger partial charge in [-0.2, -0.15) is 0 Å². The third-order valence-corrected chi connectivity index (χ3v) is 7.21. The highest BCUT2D eigenvalue weighted by Crippen LogP contribution is 2.32. The number of benzene rings is 2. The van der Waals surface area contributed by atoms with Gasteiger partial charge in [0.1, 0.15) is 11.6 Å². The summed E-state index contributed by atoms with van der Waals surface area (Å²) in [6.07, 6.45) is 1.31. The molecule has 7 nitrogen and oxygen atoms in total. The van der Waals surface area contributed by atoms with E-state index in [1.54, 1.807) is 11.9 Å². The van der Waals surface area contributed by atoms with Gasteiger partial charge in [-0.1, -0.05) is 60.7 Å². The Bertz CT molecular complexity index is 982. The lowest BCUT2D eigenvalue weighted by atomic mass is 9.83. The van der Waals surface area contributed by atoms with Crippen LogP contribution in [-0.2, 0) is 22.4 Å². The number of nitrogens with two attached hydrogens (primary N) is 1. The lowest BCUT2D eigenvalue weighted by molar-refractivity contribution is -0.145. The molecular weight excluding hydrogens is 428 g/mol. The van der Waals surface area contributed by atoms with Crippen molar-refractivity contribution in [1.82, 2.24) is 15.3 Å². The minimum atomic E-state index is -0.963. The normalized spacial score (nSPS) is 25.2. The molecule has 2 heterocycles. The number of rotatable bonds is 10. The molecule has 0 spiro atoms. The van der Waals surface area contributed by atoms with Crippen molar-refractivity contribution < 1.29 is 14.7 Å². The maximum Gasteiger partial charge on any atom is 0.258 e. The van der Waals surface area contributed by atoms with E-state index >= 15 is 0 Å². The van der Waals surface area contributed by atoms with Gasteiger partial charge in [0.05, 0.1) is 6.10 Å². The van der Waals surface area contributed by atoms with Crippen molar-refractivity contribution in [1.29, 1.82) is 0 Å². The van der Waals surface area contributed by atoms with Crippen LogP contribution >= 0.6 is 0 Å². The Morgan fingerprint density at radius 1 is 1.12 bits per heavy atom. The summed E-state index contributed by atoms with van der Waals surface area (Å²) in [6.45, 7) is 2.80.